The second-order valence-electron chi connectivity index (χ2n) is 3.36. The van der Waals surface area contributed by atoms with Crippen molar-refractivity contribution >= 4 is 11.6 Å². The number of rotatable bonds is 2. The van der Waals surface area contributed by atoms with E-state index in [0.717, 1.165) is 0 Å². The number of alkyl halides is 3. The molecule has 2 N–H and O–H groups in total. The van der Waals surface area contributed by atoms with Crippen LogP contribution in [0.4, 0.5) is 13.2 Å². The van der Waals surface area contributed by atoms with Crippen LogP contribution in [0, 0.1) is 6.92 Å². The van der Waals surface area contributed by atoms with Gasteiger partial charge in [-0.05, 0) is 24.6 Å². The van der Waals surface area contributed by atoms with Gasteiger partial charge in [0.1, 0.15) is 11.8 Å². The van der Waals surface area contributed by atoms with Crippen LogP contribution in [0.25, 0.3) is 0 Å². The van der Waals surface area contributed by atoms with Gasteiger partial charge in [0.15, 0.2) is 0 Å². The lowest BCUT2D eigenvalue weighted by Gasteiger charge is -2.20. The molecule has 0 heterocycles. The molecule has 0 radical (unpaired) electrons. The first-order chi connectivity index (χ1) is 7.27. The molecular formula is C10H11ClF3NO. The van der Waals surface area contributed by atoms with E-state index in [1.807, 2.05) is 0 Å². The number of benzene rings is 1. The zero-order valence-corrected chi connectivity index (χ0v) is 9.49. The summed E-state index contributed by atoms with van der Waals surface area (Å²) in [5, 5.41) is 0.202. The van der Waals surface area contributed by atoms with Crippen LogP contribution in [-0.2, 0) is 0 Å². The first kappa shape index (κ1) is 13.1. The van der Waals surface area contributed by atoms with Gasteiger partial charge in [-0.2, -0.15) is 13.2 Å². The van der Waals surface area contributed by atoms with Crippen molar-refractivity contribution in [1.29, 1.82) is 0 Å². The minimum absolute atomic E-state index is 0.120. The van der Waals surface area contributed by atoms with Crippen LogP contribution < -0.4 is 10.5 Å². The van der Waals surface area contributed by atoms with Gasteiger partial charge in [-0.1, -0.05) is 11.6 Å². The van der Waals surface area contributed by atoms with E-state index in [-0.39, 0.29) is 16.3 Å². The van der Waals surface area contributed by atoms with Crippen molar-refractivity contribution in [3.8, 4) is 5.75 Å². The van der Waals surface area contributed by atoms with Crippen LogP contribution in [0.15, 0.2) is 12.1 Å². The minimum Gasteiger partial charge on any atom is -0.496 e. The molecule has 1 aromatic carbocycles. The highest BCUT2D eigenvalue weighted by molar-refractivity contribution is 6.30. The highest BCUT2D eigenvalue weighted by Crippen LogP contribution is 2.38. The Bertz CT molecular complexity index is 392. The minimum atomic E-state index is -4.52. The van der Waals surface area contributed by atoms with Gasteiger partial charge in [0.2, 0.25) is 0 Å². The fraction of sp³-hybridized carbons (Fsp3) is 0.400. The molecule has 0 aromatic heterocycles. The third kappa shape index (κ3) is 2.59. The number of nitrogens with two attached hydrogens (primary N) is 1. The van der Waals surface area contributed by atoms with Crippen molar-refractivity contribution in [2.24, 2.45) is 5.73 Å². The number of halogens is 4. The Hall–Kier alpha value is -0.940. The van der Waals surface area contributed by atoms with Crippen LogP contribution in [0.2, 0.25) is 5.02 Å². The first-order valence-corrected chi connectivity index (χ1v) is 4.81. The van der Waals surface area contributed by atoms with Crippen LogP contribution in [0.1, 0.15) is 17.2 Å². The first-order valence-electron chi connectivity index (χ1n) is 4.43. The molecule has 16 heavy (non-hydrogen) atoms. The summed E-state index contributed by atoms with van der Waals surface area (Å²) >= 11 is 5.69. The normalized spacial score (nSPS) is 13.7. The average molecular weight is 254 g/mol. The van der Waals surface area contributed by atoms with Crippen molar-refractivity contribution in [2.45, 2.75) is 19.1 Å². The van der Waals surface area contributed by atoms with Gasteiger partial charge < -0.3 is 10.5 Å². The molecule has 1 atom stereocenters. The van der Waals surface area contributed by atoms with E-state index in [2.05, 4.69) is 0 Å². The third-order valence-corrected chi connectivity index (χ3v) is 2.38. The van der Waals surface area contributed by atoms with Gasteiger partial charge in [0.25, 0.3) is 0 Å². The van der Waals surface area contributed by atoms with Crippen molar-refractivity contribution in [2.75, 3.05) is 7.11 Å². The Balaban J connectivity index is 3.31. The molecule has 0 aliphatic carbocycles. The van der Waals surface area contributed by atoms with Crippen molar-refractivity contribution < 1.29 is 17.9 Å². The lowest BCUT2D eigenvalue weighted by Crippen LogP contribution is -2.29. The van der Waals surface area contributed by atoms with E-state index in [9.17, 15) is 13.2 Å². The molecule has 1 rings (SSSR count). The van der Waals surface area contributed by atoms with Gasteiger partial charge >= 0.3 is 6.18 Å². The van der Waals surface area contributed by atoms with Gasteiger partial charge in [0, 0.05) is 10.6 Å². The Kier molecular flexibility index (Phi) is 3.70. The maximum atomic E-state index is 12.5. The Morgan fingerprint density at radius 2 is 1.94 bits per heavy atom. The lowest BCUT2D eigenvalue weighted by molar-refractivity contribution is -0.149. The molecule has 0 fully saturated rings. The quantitative estimate of drug-likeness (QED) is 0.878. The van der Waals surface area contributed by atoms with E-state index in [4.69, 9.17) is 22.1 Å². The summed E-state index contributed by atoms with van der Waals surface area (Å²) in [5.74, 6) is 0.120. The Morgan fingerprint density at radius 3 is 2.38 bits per heavy atom. The molecule has 1 unspecified atom stereocenters. The van der Waals surface area contributed by atoms with Gasteiger partial charge in [-0.15, -0.1) is 0 Å². The molecule has 90 valence electrons. The standard InChI is InChI=1S/C10H11ClF3NO/c1-5-3-6(11)4-7(8(5)16-2)9(15)10(12,13)14/h3-4,9H,15H2,1-2H3. The highest BCUT2D eigenvalue weighted by Gasteiger charge is 2.39. The van der Waals surface area contributed by atoms with Gasteiger partial charge in [0.05, 0.1) is 7.11 Å². The molecule has 0 bridgehead atoms. The maximum absolute atomic E-state index is 12.5. The molecule has 0 saturated carbocycles. The molecular weight excluding hydrogens is 243 g/mol. The molecule has 0 amide bonds. The van der Waals surface area contributed by atoms with Crippen LogP contribution in [0.5, 0.6) is 5.75 Å². The van der Waals surface area contributed by atoms with E-state index in [1.54, 1.807) is 6.92 Å². The second-order valence-corrected chi connectivity index (χ2v) is 3.80. The summed E-state index contributed by atoms with van der Waals surface area (Å²) in [6.07, 6.45) is -4.52. The van der Waals surface area contributed by atoms with Gasteiger partial charge in [-0.25, -0.2) is 0 Å². The molecule has 1 aromatic rings. The third-order valence-electron chi connectivity index (χ3n) is 2.16. The molecule has 0 aliphatic heterocycles. The predicted octanol–water partition coefficient (Wildman–Crippen LogP) is 3.22. The fourth-order valence-electron chi connectivity index (χ4n) is 1.44. The van der Waals surface area contributed by atoms with E-state index in [1.165, 1.54) is 19.2 Å². The van der Waals surface area contributed by atoms with Crippen molar-refractivity contribution in [1.82, 2.24) is 0 Å². The largest absolute Gasteiger partial charge is 0.496 e. The molecule has 2 nitrogen and oxygen atoms in total. The van der Waals surface area contributed by atoms with Crippen LogP contribution in [0.3, 0.4) is 0 Å². The number of aryl methyl sites for hydroxylation is 1. The number of hydrogen-bond donors (Lipinski definition) is 1. The molecule has 0 aliphatic rings. The summed E-state index contributed by atoms with van der Waals surface area (Å²) in [4.78, 5) is 0. The topological polar surface area (TPSA) is 35.2 Å². The monoisotopic (exact) mass is 253 g/mol. The number of methoxy groups -OCH3 is 1. The highest BCUT2D eigenvalue weighted by atomic mass is 35.5. The molecule has 6 heteroatoms. The summed E-state index contributed by atoms with van der Waals surface area (Å²) < 4.78 is 42.4. The maximum Gasteiger partial charge on any atom is 0.407 e. The smallest absolute Gasteiger partial charge is 0.407 e. The second kappa shape index (κ2) is 4.51. The van der Waals surface area contributed by atoms with E-state index < -0.39 is 12.2 Å². The molecule has 0 spiro atoms. The zero-order valence-electron chi connectivity index (χ0n) is 8.73. The summed E-state index contributed by atoms with van der Waals surface area (Å²) in [7, 11) is 1.29. The summed E-state index contributed by atoms with van der Waals surface area (Å²) in [5.41, 5.74) is 5.49. The van der Waals surface area contributed by atoms with E-state index >= 15 is 0 Å². The Morgan fingerprint density at radius 1 is 1.38 bits per heavy atom. The number of hydrogen-bond acceptors (Lipinski definition) is 2. The van der Waals surface area contributed by atoms with Crippen molar-refractivity contribution in [3.05, 3.63) is 28.3 Å². The SMILES string of the molecule is COc1c(C)cc(Cl)cc1C(N)C(F)(F)F. The van der Waals surface area contributed by atoms with E-state index in [0.29, 0.717) is 5.56 Å². The van der Waals surface area contributed by atoms with Gasteiger partial charge in [-0.3, -0.25) is 0 Å². The predicted molar refractivity (Wildman–Crippen MR) is 55.7 cm³/mol. The lowest BCUT2D eigenvalue weighted by atomic mass is 10.0. The summed E-state index contributed by atoms with van der Waals surface area (Å²) in [6.45, 7) is 1.61. The average Bonchev–Trinajstić information content (AvgIpc) is 2.14. The zero-order chi connectivity index (χ0) is 12.5. The fourth-order valence-corrected chi connectivity index (χ4v) is 1.72. The Labute approximate surface area is 96.1 Å². The molecule has 0 saturated heterocycles. The summed E-state index contributed by atoms with van der Waals surface area (Å²) in [6, 6.07) is 0.596. The van der Waals surface area contributed by atoms with Crippen LogP contribution >= 0.6 is 11.6 Å². The van der Waals surface area contributed by atoms with Crippen LogP contribution in [-0.4, -0.2) is 13.3 Å². The van der Waals surface area contributed by atoms with Crippen molar-refractivity contribution in [3.63, 3.8) is 0 Å². The number of ether oxygens (including phenoxy) is 1.